The second-order valence-electron chi connectivity index (χ2n) is 1.86. The Morgan fingerprint density at radius 3 is 3.00 bits per heavy atom. The fraction of sp³-hybridized carbons (Fsp3) is 0.333. The van der Waals surface area contributed by atoms with Gasteiger partial charge in [0.05, 0.1) is 11.2 Å². The van der Waals surface area contributed by atoms with E-state index in [1.807, 2.05) is 0 Å². The molecule has 5 heteroatoms. The quantitative estimate of drug-likeness (QED) is 0.680. The number of aromatic nitrogens is 1. The molecule has 0 spiro atoms. The van der Waals surface area contributed by atoms with Gasteiger partial charge in [-0.2, -0.15) is 0 Å². The van der Waals surface area contributed by atoms with Crippen molar-refractivity contribution in [1.82, 2.24) is 4.98 Å². The molecule has 0 aromatic carbocycles. The van der Waals surface area contributed by atoms with Crippen molar-refractivity contribution in [1.29, 1.82) is 0 Å². The van der Waals surface area contributed by atoms with Gasteiger partial charge in [-0.25, -0.2) is 9.78 Å². The summed E-state index contributed by atoms with van der Waals surface area (Å²) >= 11 is 3.49. The molecule has 1 aromatic rings. The molecule has 0 amide bonds. The van der Waals surface area contributed by atoms with E-state index in [1.54, 1.807) is 0 Å². The first-order valence-corrected chi connectivity index (χ1v) is 5.32. The molecule has 0 aliphatic rings. The van der Waals surface area contributed by atoms with Crippen LogP contribution in [0, 0.1) is 0 Å². The van der Waals surface area contributed by atoms with Crippen LogP contribution in [0.3, 0.4) is 0 Å². The maximum atomic E-state index is 10.4. The Kier molecular flexibility index (Phi) is 3.25. The maximum Gasteiger partial charge on any atom is 0.347 e. The number of aryl methyl sites for hydroxylation is 1. The first kappa shape index (κ1) is 8.92. The number of carboxylic acid groups (broad SMARTS) is 1. The van der Waals surface area contributed by atoms with Crippen molar-refractivity contribution < 1.29 is 9.90 Å². The molecule has 1 aromatic heterocycles. The fourth-order valence-electron chi connectivity index (χ4n) is 0.606. The topological polar surface area (TPSA) is 50.2 Å². The summed E-state index contributed by atoms with van der Waals surface area (Å²) in [6, 6.07) is 0. The molecule has 0 atom stereocenters. The highest BCUT2D eigenvalue weighted by atomic mass is 127. The number of rotatable bonds is 3. The third-order valence-corrected chi connectivity index (χ3v) is 2.66. The van der Waals surface area contributed by atoms with Crippen LogP contribution in [-0.4, -0.2) is 20.5 Å². The Hall–Kier alpha value is -0.170. The standard InChI is InChI=1S/C6H6INO2S/c7-2-1-5-8-3-4(11-5)6(9)10/h3H,1-2H2,(H,9,10). The molecule has 60 valence electrons. The third kappa shape index (κ3) is 2.41. The normalized spacial score (nSPS) is 9.91. The average Bonchev–Trinajstić information content (AvgIpc) is 2.37. The summed E-state index contributed by atoms with van der Waals surface area (Å²) in [7, 11) is 0. The van der Waals surface area contributed by atoms with Crippen molar-refractivity contribution in [3.63, 3.8) is 0 Å². The molecule has 3 nitrogen and oxygen atoms in total. The Bertz CT molecular complexity index is 261. The van der Waals surface area contributed by atoms with Crippen molar-refractivity contribution in [3.8, 4) is 0 Å². The largest absolute Gasteiger partial charge is 0.477 e. The van der Waals surface area contributed by atoms with E-state index in [2.05, 4.69) is 27.6 Å². The molecular formula is C6H6INO2S. The second-order valence-corrected chi connectivity index (χ2v) is 4.06. The van der Waals surface area contributed by atoms with Gasteiger partial charge in [-0.15, -0.1) is 11.3 Å². The van der Waals surface area contributed by atoms with E-state index in [4.69, 9.17) is 5.11 Å². The van der Waals surface area contributed by atoms with E-state index >= 15 is 0 Å². The fourth-order valence-corrected chi connectivity index (χ4v) is 2.24. The van der Waals surface area contributed by atoms with E-state index in [1.165, 1.54) is 17.5 Å². The van der Waals surface area contributed by atoms with E-state index in [-0.39, 0.29) is 0 Å². The number of nitrogens with zero attached hydrogens (tertiary/aromatic N) is 1. The summed E-state index contributed by atoms with van der Waals surface area (Å²) in [5.74, 6) is -0.887. The minimum absolute atomic E-state index is 0.324. The van der Waals surface area contributed by atoms with E-state index in [0.29, 0.717) is 4.88 Å². The van der Waals surface area contributed by atoms with E-state index in [0.717, 1.165) is 15.9 Å². The highest BCUT2D eigenvalue weighted by molar-refractivity contribution is 14.1. The lowest BCUT2D eigenvalue weighted by Crippen LogP contribution is -1.89. The molecule has 0 fully saturated rings. The summed E-state index contributed by atoms with van der Waals surface area (Å²) in [6.07, 6.45) is 2.27. The molecule has 0 saturated heterocycles. The molecule has 11 heavy (non-hydrogen) atoms. The van der Waals surface area contributed by atoms with Gasteiger partial charge < -0.3 is 5.11 Å². The average molecular weight is 283 g/mol. The number of hydrogen-bond donors (Lipinski definition) is 1. The van der Waals surface area contributed by atoms with Gasteiger partial charge in [0.2, 0.25) is 0 Å². The number of thiazole rings is 1. The Morgan fingerprint density at radius 1 is 1.82 bits per heavy atom. The summed E-state index contributed by atoms with van der Waals surface area (Å²) in [4.78, 5) is 14.7. The molecule has 1 N–H and O–H groups in total. The lowest BCUT2D eigenvalue weighted by molar-refractivity contribution is 0.0702. The monoisotopic (exact) mass is 283 g/mol. The molecular weight excluding hydrogens is 277 g/mol. The minimum atomic E-state index is -0.887. The minimum Gasteiger partial charge on any atom is -0.477 e. The van der Waals surface area contributed by atoms with Crippen LogP contribution in [0.4, 0.5) is 0 Å². The van der Waals surface area contributed by atoms with Crippen LogP contribution in [0.5, 0.6) is 0 Å². The molecule has 0 bridgehead atoms. The number of carboxylic acids is 1. The number of carbonyl (C=O) groups is 1. The lowest BCUT2D eigenvalue weighted by Gasteiger charge is -1.84. The molecule has 1 heterocycles. The van der Waals surface area contributed by atoms with Crippen LogP contribution >= 0.6 is 33.9 Å². The maximum absolute atomic E-state index is 10.4. The van der Waals surface area contributed by atoms with Crippen molar-refractivity contribution in [2.24, 2.45) is 0 Å². The Morgan fingerprint density at radius 2 is 2.55 bits per heavy atom. The van der Waals surface area contributed by atoms with Crippen LogP contribution in [-0.2, 0) is 6.42 Å². The second kappa shape index (κ2) is 4.01. The predicted molar refractivity (Wildman–Crippen MR) is 51.7 cm³/mol. The number of halogens is 1. The highest BCUT2D eigenvalue weighted by Gasteiger charge is 2.06. The van der Waals surface area contributed by atoms with Gasteiger partial charge in [-0.3, -0.25) is 0 Å². The Labute approximate surface area is 81.6 Å². The first-order chi connectivity index (χ1) is 5.24. The summed E-state index contributed by atoms with van der Waals surface area (Å²) in [5.41, 5.74) is 0. The van der Waals surface area contributed by atoms with E-state index < -0.39 is 5.97 Å². The van der Waals surface area contributed by atoms with Gasteiger partial charge in [0.25, 0.3) is 0 Å². The smallest absolute Gasteiger partial charge is 0.347 e. The van der Waals surface area contributed by atoms with Crippen molar-refractivity contribution in [2.75, 3.05) is 4.43 Å². The molecule has 1 rings (SSSR count). The molecule has 0 aliphatic carbocycles. The van der Waals surface area contributed by atoms with Gasteiger partial charge in [0, 0.05) is 10.8 Å². The summed E-state index contributed by atoms with van der Waals surface area (Å²) in [5, 5.41) is 9.43. The van der Waals surface area contributed by atoms with Crippen LogP contribution in [0.15, 0.2) is 6.20 Å². The highest BCUT2D eigenvalue weighted by Crippen LogP contribution is 2.13. The first-order valence-electron chi connectivity index (χ1n) is 2.98. The molecule has 0 radical (unpaired) electrons. The van der Waals surface area contributed by atoms with Crippen LogP contribution in [0.25, 0.3) is 0 Å². The molecule has 0 aliphatic heterocycles. The zero-order valence-electron chi connectivity index (χ0n) is 5.58. The van der Waals surface area contributed by atoms with Crippen LogP contribution in [0.2, 0.25) is 0 Å². The number of aromatic carboxylic acids is 1. The van der Waals surface area contributed by atoms with Crippen molar-refractivity contribution in [2.45, 2.75) is 6.42 Å². The number of alkyl halides is 1. The molecule has 0 saturated carbocycles. The van der Waals surface area contributed by atoms with Gasteiger partial charge >= 0.3 is 5.97 Å². The number of hydrogen-bond acceptors (Lipinski definition) is 3. The predicted octanol–water partition coefficient (Wildman–Crippen LogP) is 1.82. The lowest BCUT2D eigenvalue weighted by atomic mass is 10.5. The van der Waals surface area contributed by atoms with Crippen molar-refractivity contribution in [3.05, 3.63) is 16.1 Å². The van der Waals surface area contributed by atoms with Gasteiger partial charge in [0.1, 0.15) is 4.88 Å². The van der Waals surface area contributed by atoms with Gasteiger partial charge in [0.15, 0.2) is 0 Å². The van der Waals surface area contributed by atoms with Crippen LogP contribution < -0.4 is 0 Å². The summed E-state index contributed by atoms with van der Waals surface area (Å²) < 4.78 is 0.977. The molecule has 0 unspecified atom stereocenters. The zero-order chi connectivity index (χ0) is 8.27. The zero-order valence-corrected chi connectivity index (χ0v) is 8.55. The van der Waals surface area contributed by atoms with Gasteiger partial charge in [-0.05, 0) is 0 Å². The van der Waals surface area contributed by atoms with Crippen molar-refractivity contribution >= 4 is 39.9 Å². The SMILES string of the molecule is O=C(O)c1cnc(CCI)s1. The van der Waals surface area contributed by atoms with Crippen LogP contribution in [0.1, 0.15) is 14.7 Å². The third-order valence-electron chi connectivity index (χ3n) is 1.07. The summed E-state index contributed by atoms with van der Waals surface area (Å²) in [6.45, 7) is 0. The van der Waals surface area contributed by atoms with Gasteiger partial charge in [-0.1, -0.05) is 22.6 Å². The van der Waals surface area contributed by atoms with E-state index in [9.17, 15) is 4.79 Å². The Balaban J connectivity index is 2.73.